The van der Waals surface area contributed by atoms with Gasteiger partial charge >= 0.3 is 0 Å². The first-order valence-electron chi connectivity index (χ1n) is 9.17. The number of thiazole rings is 1. The van der Waals surface area contributed by atoms with Crippen LogP contribution in [0.3, 0.4) is 0 Å². The van der Waals surface area contributed by atoms with Crippen LogP contribution in [-0.4, -0.2) is 19.9 Å². The van der Waals surface area contributed by atoms with Gasteiger partial charge in [0.1, 0.15) is 27.5 Å². The van der Waals surface area contributed by atoms with Crippen LogP contribution in [0.1, 0.15) is 0 Å². The molecule has 0 aliphatic carbocycles. The molecule has 0 bridgehead atoms. The predicted octanol–water partition coefficient (Wildman–Crippen LogP) is 6.48. The van der Waals surface area contributed by atoms with E-state index < -0.39 is 0 Å². The van der Waals surface area contributed by atoms with E-state index in [1.54, 1.807) is 42.9 Å². The van der Waals surface area contributed by atoms with E-state index in [9.17, 15) is 4.39 Å². The first-order valence-corrected chi connectivity index (χ1v) is 10.4. The van der Waals surface area contributed by atoms with Crippen molar-refractivity contribution in [3.8, 4) is 22.1 Å². The summed E-state index contributed by atoms with van der Waals surface area (Å²) in [6.45, 7) is 0. The third kappa shape index (κ3) is 4.30. The van der Waals surface area contributed by atoms with Crippen LogP contribution in [-0.2, 0) is 0 Å². The van der Waals surface area contributed by atoms with Crippen molar-refractivity contribution >= 4 is 45.5 Å². The summed E-state index contributed by atoms with van der Waals surface area (Å²) in [5, 5.41) is 6.87. The first kappa shape index (κ1) is 19.3. The molecular formula is C22H13ClFN5OS. The van der Waals surface area contributed by atoms with Crippen molar-refractivity contribution in [2.75, 3.05) is 5.32 Å². The highest BCUT2D eigenvalue weighted by molar-refractivity contribution is 7.13. The lowest BCUT2D eigenvalue weighted by Gasteiger charge is -2.12. The molecule has 0 fully saturated rings. The van der Waals surface area contributed by atoms with Crippen LogP contribution in [0.2, 0.25) is 5.15 Å². The second-order valence-electron chi connectivity index (χ2n) is 6.49. The molecule has 3 aromatic heterocycles. The zero-order valence-corrected chi connectivity index (χ0v) is 17.4. The highest BCUT2D eigenvalue weighted by Gasteiger charge is 2.14. The van der Waals surface area contributed by atoms with Crippen LogP contribution in [0.15, 0.2) is 72.5 Å². The summed E-state index contributed by atoms with van der Waals surface area (Å²) < 4.78 is 19.6. The summed E-state index contributed by atoms with van der Waals surface area (Å²) >= 11 is 7.50. The zero-order chi connectivity index (χ0) is 21.2. The lowest BCUT2D eigenvalue weighted by atomic mass is 10.1. The molecule has 31 heavy (non-hydrogen) atoms. The van der Waals surface area contributed by atoms with E-state index in [0.717, 1.165) is 16.0 Å². The monoisotopic (exact) mass is 449 g/mol. The van der Waals surface area contributed by atoms with Crippen LogP contribution in [0.5, 0.6) is 11.5 Å². The minimum atomic E-state index is -0.342. The molecule has 152 valence electrons. The van der Waals surface area contributed by atoms with Gasteiger partial charge in [-0.3, -0.25) is 0 Å². The van der Waals surface area contributed by atoms with E-state index in [2.05, 4.69) is 25.3 Å². The number of pyridine rings is 1. The Kier molecular flexibility index (Phi) is 5.15. The average molecular weight is 450 g/mol. The van der Waals surface area contributed by atoms with E-state index in [0.29, 0.717) is 33.8 Å². The number of aromatic nitrogens is 4. The third-order valence-corrected chi connectivity index (χ3v) is 5.36. The van der Waals surface area contributed by atoms with Crippen molar-refractivity contribution in [2.45, 2.75) is 0 Å². The number of nitrogens with one attached hydrogen (secondary N) is 1. The molecule has 0 aliphatic heterocycles. The Morgan fingerprint density at radius 3 is 2.74 bits per heavy atom. The molecule has 0 spiro atoms. The van der Waals surface area contributed by atoms with Gasteiger partial charge in [-0.15, -0.1) is 11.3 Å². The molecule has 9 heteroatoms. The summed E-state index contributed by atoms with van der Waals surface area (Å²) in [4.78, 5) is 17.3. The Balaban J connectivity index is 1.57. The van der Waals surface area contributed by atoms with E-state index >= 15 is 0 Å². The van der Waals surface area contributed by atoms with Crippen molar-refractivity contribution in [3.63, 3.8) is 0 Å². The van der Waals surface area contributed by atoms with Crippen LogP contribution >= 0.6 is 22.9 Å². The van der Waals surface area contributed by atoms with Crippen LogP contribution in [0.25, 0.3) is 21.5 Å². The Morgan fingerprint density at radius 2 is 1.94 bits per heavy atom. The fourth-order valence-corrected chi connectivity index (χ4v) is 3.82. The second-order valence-corrected chi connectivity index (χ2v) is 7.77. The number of ether oxygens (including phenoxy) is 1. The standard InChI is InChI=1S/C22H13ClFN5OS/c23-20-10-16(4-5-25-20)30-19-11-18-13(8-17(19)21-26-6-7-31-21)12-27-22(29-18)28-15-3-1-2-14(24)9-15/h1-12H,(H,27,28,29). The van der Waals surface area contributed by atoms with Crippen molar-refractivity contribution < 1.29 is 9.13 Å². The smallest absolute Gasteiger partial charge is 0.227 e. The maximum atomic E-state index is 13.5. The highest BCUT2D eigenvalue weighted by Crippen LogP contribution is 2.37. The minimum absolute atomic E-state index is 0.331. The van der Waals surface area contributed by atoms with Gasteiger partial charge in [0.25, 0.3) is 0 Å². The molecule has 3 heterocycles. The fourth-order valence-electron chi connectivity index (χ4n) is 3.00. The lowest BCUT2D eigenvalue weighted by molar-refractivity contribution is 0.484. The number of halogens is 2. The van der Waals surface area contributed by atoms with Gasteiger partial charge in [0.15, 0.2) is 0 Å². The van der Waals surface area contributed by atoms with Gasteiger partial charge in [-0.2, -0.15) is 0 Å². The zero-order valence-electron chi connectivity index (χ0n) is 15.8. The van der Waals surface area contributed by atoms with Gasteiger partial charge in [-0.25, -0.2) is 24.3 Å². The van der Waals surface area contributed by atoms with Crippen LogP contribution in [0, 0.1) is 5.82 Å². The Morgan fingerprint density at radius 1 is 1.00 bits per heavy atom. The summed E-state index contributed by atoms with van der Waals surface area (Å²) in [7, 11) is 0. The largest absolute Gasteiger partial charge is 0.456 e. The van der Waals surface area contributed by atoms with Gasteiger partial charge in [-0.1, -0.05) is 17.7 Å². The van der Waals surface area contributed by atoms with E-state index in [1.807, 2.05) is 17.5 Å². The fraction of sp³-hybridized carbons (Fsp3) is 0. The molecule has 0 amide bonds. The van der Waals surface area contributed by atoms with Gasteiger partial charge in [-0.05, 0) is 30.3 Å². The third-order valence-electron chi connectivity index (χ3n) is 4.35. The number of benzene rings is 2. The Labute approximate surface area is 185 Å². The Hall–Kier alpha value is -3.62. The van der Waals surface area contributed by atoms with Crippen molar-refractivity contribution in [1.29, 1.82) is 0 Å². The molecule has 6 nitrogen and oxygen atoms in total. The molecule has 2 aromatic carbocycles. The molecule has 5 rings (SSSR count). The van der Waals surface area contributed by atoms with Gasteiger partial charge in [0, 0.05) is 47.2 Å². The number of fused-ring (bicyclic) bond motifs is 1. The number of hydrogen-bond donors (Lipinski definition) is 1. The minimum Gasteiger partial charge on any atom is -0.456 e. The SMILES string of the molecule is Fc1cccc(Nc2ncc3cc(-c4nccs4)c(Oc4ccnc(Cl)c4)cc3n2)c1. The van der Waals surface area contributed by atoms with E-state index in [-0.39, 0.29) is 5.82 Å². The number of anilines is 2. The number of rotatable bonds is 5. The normalized spacial score (nSPS) is 10.9. The number of hydrogen-bond acceptors (Lipinski definition) is 7. The molecule has 0 saturated carbocycles. The molecule has 0 unspecified atom stereocenters. The predicted molar refractivity (Wildman–Crippen MR) is 120 cm³/mol. The quantitative estimate of drug-likeness (QED) is 0.310. The van der Waals surface area contributed by atoms with Crippen molar-refractivity contribution in [2.24, 2.45) is 0 Å². The summed E-state index contributed by atoms with van der Waals surface area (Å²) in [6.07, 6.45) is 5.01. The highest BCUT2D eigenvalue weighted by atomic mass is 35.5. The summed E-state index contributed by atoms with van der Waals surface area (Å²) in [5.41, 5.74) is 2.02. The van der Waals surface area contributed by atoms with Gasteiger partial charge in [0.05, 0.1) is 11.1 Å². The Bertz CT molecular complexity index is 1380. The lowest BCUT2D eigenvalue weighted by Crippen LogP contribution is -1.98. The average Bonchev–Trinajstić information content (AvgIpc) is 3.28. The summed E-state index contributed by atoms with van der Waals surface area (Å²) in [6, 6.07) is 13.2. The molecule has 0 saturated heterocycles. The molecular weight excluding hydrogens is 437 g/mol. The second kappa shape index (κ2) is 8.25. The molecule has 0 atom stereocenters. The van der Waals surface area contributed by atoms with Crippen molar-refractivity contribution in [3.05, 3.63) is 83.5 Å². The maximum absolute atomic E-state index is 13.5. The maximum Gasteiger partial charge on any atom is 0.227 e. The molecule has 1 N–H and O–H groups in total. The van der Waals surface area contributed by atoms with E-state index in [4.69, 9.17) is 16.3 Å². The summed E-state index contributed by atoms with van der Waals surface area (Å²) in [5.74, 6) is 1.12. The topological polar surface area (TPSA) is 72.8 Å². The van der Waals surface area contributed by atoms with Gasteiger partial charge in [0.2, 0.25) is 5.95 Å². The number of nitrogens with zero attached hydrogens (tertiary/aromatic N) is 4. The van der Waals surface area contributed by atoms with Crippen molar-refractivity contribution in [1.82, 2.24) is 19.9 Å². The van der Waals surface area contributed by atoms with Gasteiger partial charge < -0.3 is 10.1 Å². The first-order chi connectivity index (χ1) is 15.1. The van der Waals surface area contributed by atoms with Crippen LogP contribution < -0.4 is 10.1 Å². The van der Waals surface area contributed by atoms with E-state index in [1.165, 1.54) is 23.5 Å². The molecule has 5 aromatic rings. The molecule has 0 radical (unpaired) electrons. The van der Waals surface area contributed by atoms with Crippen LogP contribution in [0.4, 0.5) is 16.0 Å². The molecule has 0 aliphatic rings.